The van der Waals surface area contributed by atoms with Crippen LogP contribution in [0.2, 0.25) is 0 Å². The van der Waals surface area contributed by atoms with E-state index in [0.29, 0.717) is 0 Å². The predicted octanol–water partition coefficient (Wildman–Crippen LogP) is -13.2. The van der Waals surface area contributed by atoms with Crippen molar-refractivity contribution in [1.29, 1.82) is 0 Å². The minimum absolute atomic E-state index is 0. The predicted molar refractivity (Wildman–Crippen MR) is 60.2 cm³/mol. The zero-order valence-corrected chi connectivity index (χ0v) is 19.3. The molecule has 0 saturated heterocycles. The Morgan fingerprint density at radius 1 is 0.696 bits per heavy atom. The van der Waals surface area contributed by atoms with Crippen molar-refractivity contribution in [2.24, 2.45) is 11.5 Å². The van der Waals surface area contributed by atoms with Gasteiger partial charge in [0.1, 0.15) is 0 Å². The number of hydrogen-bond donors (Lipinski definition) is 2. The van der Waals surface area contributed by atoms with Crippen LogP contribution < -0.4 is 91.0 Å². The second-order valence-electron chi connectivity index (χ2n) is 3.67. The minimum Gasteiger partial charge on any atom is -0.550 e. The first kappa shape index (κ1) is 35.2. The van der Waals surface area contributed by atoms with Crippen LogP contribution in [0.1, 0.15) is 25.7 Å². The molecule has 0 fully saturated rings. The fraction of sp³-hybridized carbons (Fsp3) is 0.600. The normalized spacial score (nSPS) is 10.9. The van der Waals surface area contributed by atoms with Crippen molar-refractivity contribution in [2.75, 3.05) is 0 Å². The van der Waals surface area contributed by atoms with E-state index in [0.717, 1.165) is 0 Å². The molecule has 0 amide bonds. The first-order chi connectivity index (χ1) is 9.07. The summed E-state index contributed by atoms with van der Waals surface area (Å²) in [7, 11) is 0. The Hall–Kier alpha value is 1.06. The Labute approximate surface area is 206 Å². The average molecular weight is 376 g/mol. The van der Waals surface area contributed by atoms with Gasteiger partial charge in [-0.2, -0.15) is 0 Å². The fourth-order valence-corrected chi connectivity index (χ4v) is 0.782. The van der Waals surface area contributed by atoms with E-state index in [-0.39, 0.29) is 123 Å². The average Bonchev–Trinajstić information content (AvgIpc) is 2.33. The maximum Gasteiger partial charge on any atom is 2.00 e. The van der Waals surface area contributed by atoms with E-state index in [1.54, 1.807) is 0 Å². The molecule has 2 atom stereocenters. The molecule has 0 aromatic heterocycles. The van der Waals surface area contributed by atoms with Crippen molar-refractivity contribution in [3.8, 4) is 0 Å². The number of carbonyl (C=O) groups is 4. The van der Waals surface area contributed by atoms with Crippen LogP contribution in [0, 0.1) is 0 Å². The maximum atomic E-state index is 9.86. The van der Waals surface area contributed by atoms with Crippen LogP contribution in [-0.4, -0.2) is 73.7 Å². The van der Waals surface area contributed by atoms with Crippen LogP contribution >= 0.6 is 0 Å². The Balaban J connectivity index is -0.0000000831. The molecule has 13 heteroatoms. The quantitative estimate of drug-likeness (QED) is 0.381. The second-order valence-corrected chi connectivity index (χ2v) is 3.67. The van der Waals surface area contributed by atoms with Crippen molar-refractivity contribution in [1.82, 2.24) is 0 Å². The fourth-order valence-electron chi connectivity index (χ4n) is 0.782. The van der Waals surface area contributed by atoms with Gasteiger partial charge in [0.15, 0.2) is 0 Å². The Kier molecular flexibility index (Phi) is 32.3. The molecular weight excluding hydrogens is 362 g/mol. The zero-order chi connectivity index (χ0) is 16.3. The maximum absolute atomic E-state index is 9.86. The molecule has 0 bridgehead atoms. The van der Waals surface area contributed by atoms with E-state index >= 15 is 0 Å². The molecule has 0 aromatic rings. The van der Waals surface area contributed by atoms with Crippen LogP contribution in [0.4, 0.5) is 0 Å². The number of aliphatic carboxylic acids is 4. The molecule has 0 spiro atoms. The van der Waals surface area contributed by atoms with Gasteiger partial charge in [-0.15, -0.1) is 0 Å². The van der Waals surface area contributed by atoms with Crippen LogP contribution in [-0.2, 0) is 19.2 Å². The zero-order valence-electron chi connectivity index (χ0n) is 13.1. The van der Waals surface area contributed by atoms with Gasteiger partial charge in [0.25, 0.3) is 0 Å². The topological polar surface area (TPSA) is 213 Å². The summed E-state index contributed by atoms with van der Waals surface area (Å²) in [4.78, 5) is 39.2. The number of carboxylic acids is 4. The summed E-state index contributed by atoms with van der Waals surface area (Å²) in [5, 5.41) is 39.2. The first-order valence-corrected chi connectivity index (χ1v) is 5.40. The largest absolute Gasteiger partial charge is 2.00 e. The number of carboxylic acid groups (broad SMARTS) is 4. The molecule has 0 aromatic carbocycles. The number of rotatable bonds is 8. The molecule has 0 aliphatic heterocycles. The summed E-state index contributed by atoms with van der Waals surface area (Å²) < 4.78 is 0. The summed E-state index contributed by atoms with van der Waals surface area (Å²) in [5.41, 5.74) is 9.82. The molecule has 4 N–H and O–H groups in total. The van der Waals surface area contributed by atoms with Crippen molar-refractivity contribution in [3.63, 3.8) is 0 Å². The smallest absolute Gasteiger partial charge is 0.550 e. The van der Waals surface area contributed by atoms with Crippen LogP contribution in [0.5, 0.6) is 0 Å². The monoisotopic (exact) mass is 376 g/mol. The summed E-state index contributed by atoms with van der Waals surface area (Å²) >= 11 is 0. The summed E-state index contributed by atoms with van der Waals surface area (Å²) in [5.74, 6) is -5.50. The van der Waals surface area contributed by atoms with E-state index < -0.39 is 36.0 Å². The molecule has 0 aliphatic carbocycles. The Morgan fingerprint density at radius 3 is 1.04 bits per heavy atom. The van der Waals surface area contributed by atoms with Crippen molar-refractivity contribution >= 4 is 61.6 Å². The van der Waals surface area contributed by atoms with Gasteiger partial charge >= 0.3 is 96.9 Å². The van der Waals surface area contributed by atoms with Gasteiger partial charge in [0, 0.05) is 24.0 Å². The second kappa shape index (κ2) is 21.1. The number of nitrogens with two attached hydrogens (primary N) is 2. The van der Waals surface area contributed by atoms with Crippen LogP contribution in [0.3, 0.4) is 0 Å². The molecule has 0 saturated carbocycles. The van der Waals surface area contributed by atoms with E-state index in [2.05, 4.69) is 0 Å². The third-order valence-electron chi connectivity index (χ3n) is 1.92. The molecule has 0 heterocycles. The van der Waals surface area contributed by atoms with E-state index in [1.807, 2.05) is 0 Å². The third-order valence-corrected chi connectivity index (χ3v) is 1.92. The first-order valence-electron chi connectivity index (χ1n) is 5.40. The standard InChI is InChI=1S/2C5H9NO4.Ca.2Na/c2*6-3(5(9)10)1-2-4(7)8;;;/h2*3H,1-2,6H2,(H,7,8)(H,9,10);;;/q;;+2;2*+1/p-4/t2*3-;;;/m00.../s1. The minimum atomic E-state index is -1.44. The van der Waals surface area contributed by atoms with Gasteiger partial charge in [-0.3, -0.25) is 0 Å². The molecule has 0 unspecified atom stereocenters. The van der Waals surface area contributed by atoms with E-state index in [1.165, 1.54) is 0 Å². The molecule has 0 aliphatic rings. The van der Waals surface area contributed by atoms with Crippen molar-refractivity contribution in [3.05, 3.63) is 0 Å². The molecule has 0 rings (SSSR count). The molecule has 116 valence electrons. The molecular formula is C10H14CaN2Na2O8. The SMILES string of the molecule is N[C@@H](CCC(=O)[O-])C(=O)[O-].N[C@@H](CCC(=O)[O-])C(=O)[O-].[Ca+2].[Na+].[Na+]. The van der Waals surface area contributed by atoms with Crippen LogP contribution in [0.25, 0.3) is 0 Å². The summed E-state index contributed by atoms with van der Waals surface area (Å²) in [6.07, 6.45) is -1.00. The van der Waals surface area contributed by atoms with Gasteiger partial charge in [0.05, 0.1) is 11.9 Å². The number of carbonyl (C=O) groups excluding carboxylic acids is 4. The van der Waals surface area contributed by atoms with Gasteiger partial charge in [0.2, 0.25) is 0 Å². The summed E-state index contributed by atoms with van der Waals surface area (Å²) in [6, 6.07) is -2.42. The van der Waals surface area contributed by atoms with Crippen molar-refractivity contribution in [2.45, 2.75) is 37.8 Å². The Morgan fingerprint density at radius 2 is 0.913 bits per heavy atom. The van der Waals surface area contributed by atoms with Crippen molar-refractivity contribution < 1.29 is 98.7 Å². The van der Waals surface area contributed by atoms with Gasteiger partial charge in [-0.25, -0.2) is 0 Å². The molecule has 0 radical (unpaired) electrons. The Bertz CT molecular complexity index is 339. The molecule has 23 heavy (non-hydrogen) atoms. The summed E-state index contributed by atoms with van der Waals surface area (Å²) in [6.45, 7) is 0. The third kappa shape index (κ3) is 28.2. The van der Waals surface area contributed by atoms with E-state index in [4.69, 9.17) is 11.5 Å². The van der Waals surface area contributed by atoms with Gasteiger partial charge < -0.3 is 51.1 Å². The number of hydrogen-bond acceptors (Lipinski definition) is 10. The van der Waals surface area contributed by atoms with Gasteiger partial charge in [-0.05, 0) is 25.7 Å². The van der Waals surface area contributed by atoms with Gasteiger partial charge in [-0.1, -0.05) is 0 Å². The molecule has 10 nitrogen and oxygen atoms in total. The van der Waals surface area contributed by atoms with Crippen LogP contribution in [0.15, 0.2) is 0 Å². The van der Waals surface area contributed by atoms with E-state index in [9.17, 15) is 39.6 Å².